The van der Waals surface area contributed by atoms with Gasteiger partial charge >= 0.3 is 0 Å². The van der Waals surface area contributed by atoms with Gasteiger partial charge in [-0.2, -0.15) is 0 Å². The number of aromatic nitrogens is 3. The van der Waals surface area contributed by atoms with E-state index in [2.05, 4.69) is 62.2 Å². The van der Waals surface area contributed by atoms with E-state index in [1.165, 1.54) is 10.8 Å². The van der Waals surface area contributed by atoms with Gasteiger partial charge in [0.15, 0.2) is 18.4 Å². The van der Waals surface area contributed by atoms with Gasteiger partial charge in [0.05, 0.1) is 5.56 Å². The van der Waals surface area contributed by atoms with Crippen molar-refractivity contribution in [3.63, 3.8) is 0 Å². The Morgan fingerprint density at radius 3 is 2.34 bits per heavy atom. The molecule has 0 unspecified atom stereocenters. The van der Waals surface area contributed by atoms with Crippen LogP contribution in [0.15, 0.2) is 55.1 Å². The van der Waals surface area contributed by atoms with E-state index in [9.17, 15) is 4.79 Å². The van der Waals surface area contributed by atoms with Gasteiger partial charge in [-0.1, -0.05) is 18.2 Å². The molecule has 7 nitrogen and oxygen atoms in total. The molecule has 0 aliphatic carbocycles. The molecular weight excluding hydrogens is 402 g/mol. The normalized spacial score (nSPS) is 18.4. The van der Waals surface area contributed by atoms with E-state index in [4.69, 9.17) is 4.74 Å². The van der Waals surface area contributed by atoms with E-state index in [0.29, 0.717) is 17.6 Å². The summed E-state index contributed by atoms with van der Waals surface area (Å²) in [5.41, 5.74) is 0.570. The monoisotopic (exact) mass is 432 g/mol. The molecule has 7 heteroatoms. The molecule has 0 N–H and O–H groups in total. The highest BCUT2D eigenvalue weighted by molar-refractivity contribution is 5.93. The Hall–Kier alpha value is -3.06. The number of carbonyl (C=O) groups is 1. The highest BCUT2D eigenvalue weighted by atomic mass is 16.5. The van der Waals surface area contributed by atoms with Gasteiger partial charge in [0, 0.05) is 76.1 Å². The van der Waals surface area contributed by atoms with Crippen molar-refractivity contribution in [3.8, 4) is 0 Å². The van der Waals surface area contributed by atoms with E-state index < -0.39 is 0 Å². The van der Waals surface area contributed by atoms with E-state index in [1.807, 2.05) is 4.90 Å². The van der Waals surface area contributed by atoms with Crippen LogP contribution in [0.4, 0.5) is 5.95 Å². The number of hydrogen-bond donors (Lipinski definition) is 0. The number of rotatable bonds is 3. The Morgan fingerprint density at radius 2 is 1.62 bits per heavy atom. The van der Waals surface area contributed by atoms with Crippen LogP contribution in [0.1, 0.15) is 42.1 Å². The molecule has 2 aliphatic heterocycles. The van der Waals surface area contributed by atoms with Crippen molar-refractivity contribution < 1.29 is 14.1 Å². The van der Waals surface area contributed by atoms with E-state index in [-0.39, 0.29) is 5.91 Å². The SMILES string of the molecule is O=C(c1cnc(N2CCCOCCC2)nc1)N1CCC([n+]2ccc3ccccc3c2)CC1. The number of hydrogen-bond acceptors (Lipinski definition) is 5. The maximum Gasteiger partial charge on any atom is 0.257 e. The van der Waals surface area contributed by atoms with Crippen LogP contribution in [0.25, 0.3) is 10.8 Å². The Kier molecular flexibility index (Phi) is 6.25. The van der Waals surface area contributed by atoms with Crippen LogP contribution in [0, 0.1) is 0 Å². The van der Waals surface area contributed by atoms with Crippen LogP contribution in [-0.4, -0.2) is 60.2 Å². The minimum atomic E-state index is 0.0274. The van der Waals surface area contributed by atoms with Crippen molar-refractivity contribution in [1.82, 2.24) is 14.9 Å². The van der Waals surface area contributed by atoms with Crippen molar-refractivity contribution in [2.24, 2.45) is 0 Å². The number of amides is 1. The van der Waals surface area contributed by atoms with Crippen LogP contribution >= 0.6 is 0 Å². The van der Waals surface area contributed by atoms with Crippen LogP contribution in [0.2, 0.25) is 0 Å². The van der Waals surface area contributed by atoms with Crippen molar-refractivity contribution >= 4 is 22.6 Å². The summed E-state index contributed by atoms with van der Waals surface area (Å²) < 4.78 is 7.81. The average molecular weight is 433 g/mol. The summed E-state index contributed by atoms with van der Waals surface area (Å²) >= 11 is 0. The lowest BCUT2D eigenvalue weighted by Crippen LogP contribution is -2.47. The summed E-state index contributed by atoms with van der Waals surface area (Å²) in [5.74, 6) is 0.731. The molecule has 2 aliphatic rings. The van der Waals surface area contributed by atoms with Gasteiger partial charge in [-0.3, -0.25) is 4.79 Å². The summed E-state index contributed by atoms with van der Waals surface area (Å²) in [6, 6.07) is 11.0. The van der Waals surface area contributed by atoms with Crippen LogP contribution in [0.5, 0.6) is 0 Å². The molecule has 0 saturated carbocycles. The predicted molar refractivity (Wildman–Crippen MR) is 123 cm³/mol. The van der Waals surface area contributed by atoms with Gasteiger partial charge in [-0.15, -0.1) is 0 Å². The first-order valence-corrected chi connectivity index (χ1v) is 11.6. The lowest BCUT2D eigenvalue weighted by Gasteiger charge is -2.29. The minimum absolute atomic E-state index is 0.0274. The molecule has 2 fully saturated rings. The first-order valence-electron chi connectivity index (χ1n) is 11.6. The van der Waals surface area contributed by atoms with Crippen LogP contribution in [-0.2, 0) is 4.74 Å². The minimum Gasteiger partial charge on any atom is -0.381 e. The smallest absolute Gasteiger partial charge is 0.257 e. The number of benzene rings is 1. The zero-order valence-corrected chi connectivity index (χ0v) is 18.4. The molecule has 1 amide bonds. The Labute approximate surface area is 188 Å². The Morgan fingerprint density at radius 1 is 0.938 bits per heavy atom. The number of ether oxygens (including phenoxy) is 1. The molecule has 32 heavy (non-hydrogen) atoms. The molecule has 0 spiro atoms. The second-order valence-corrected chi connectivity index (χ2v) is 8.62. The maximum absolute atomic E-state index is 13.0. The second kappa shape index (κ2) is 9.61. The fraction of sp³-hybridized carbons (Fsp3) is 0.440. The molecule has 4 heterocycles. The number of likely N-dealkylation sites (tertiary alicyclic amines) is 1. The molecule has 5 rings (SSSR count). The van der Waals surface area contributed by atoms with Gasteiger partial charge in [0.1, 0.15) is 0 Å². The third kappa shape index (κ3) is 4.58. The second-order valence-electron chi connectivity index (χ2n) is 8.62. The highest BCUT2D eigenvalue weighted by Gasteiger charge is 2.29. The third-order valence-corrected chi connectivity index (χ3v) is 6.49. The summed E-state index contributed by atoms with van der Waals surface area (Å²) in [6.07, 6.45) is 11.6. The number of anilines is 1. The number of fused-ring (bicyclic) bond motifs is 1. The molecular formula is C25H30N5O2+. The quantitative estimate of drug-likeness (QED) is 0.596. The standard InChI is InChI=1S/C25H30N5O2/c31-24(22-17-26-25(27-18-22)29-10-3-15-32-16-4-11-29)28-13-8-23(9-14-28)30-12-7-20-5-1-2-6-21(20)19-30/h1-2,5-7,12,17-19,23H,3-4,8-11,13-16H2/q+1. The molecule has 0 bridgehead atoms. The predicted octanol–water partition coefficient (Wildman–Crippen LogP) is 3.01. The fourth-order valence-corrected chi connectivity index (χ4v) is 4.65. The third-order valence-electron chi connectivity index (χ3n) is 6.49. The van der Waals surface area contributed by atoms with E-state index in [0.717, 1.165) is 65.1 Å². The van der Waals surface area contributed by atoms with E-state index in [1.54, 1.807) is 12.4 Å². The zero-order valence-electron chi connectivity index (χ0n) is 18.4. The first-order chi connectivity index (χ1) is 15.8. The molecule has 3 aromatic rings. The average Bonchev–Trinajstić information content (AvgIpc) is 2.83. The lowest BCUT2D eigenvalue weighted by molar-refractivity contribution is -0.724. The van der Waals surface area contributed by atoms with Crippen molar-refractivity contribution in [2.75, 3.05) is 44.3 Å². The van der Waals surface area contributed by atoms with Gasteiger partial charge in [0.25, 0.3) is 5.91 Å². The van der Waals surface area contributed by atoms with Crippen molar-refractivity contribution in [2.45, 2.75) is 31.7 Å². The van der Waals surface area contributed by atoms with Crippen molar-refractivity contribution in [3.05, 3.63) is 60.7 Å². The van der Waals surface area contributed by atoms with Crippen LogP contribution < -0.4 is 9.47 Å². The topological polar surface area (TPSA) is 62.4 Å². The van der Waals surface area contributed by atoms with Gasteiger partial charge in [-0.25, -0.2) is 14.5 Å². The molecule has 166 valence electrons. The number of nitrogens with zero attached hydrogens (tertiary/aromatic N) is 5. The summed E-state index contributed by atoms with van der Waals surface area (Å²) in [4.78, 5) is 26.1. The first kappa shape index (κ1) is 20.8. The molecule has 2 aromatic heterocycles. The van der Waals surface area contributed by atoms with E-state index >= 15 is 0 Å². The molecule has 0 atom stereocenters. The summed E-state index contributed by atoms with van der Waals surface area (Å²) in [6.45, 7) is 4.82. The van der Waals surface area contributed by atoms with Crippen molar-refractivity contribution in [1.29, 1.82) is 0 Å². The molecule has 1 aromatic carbocycles. The lowest BCUT2D eigenvalue weighted by atomic mass is 10.0. The summed E-state index contributed by atoms with van der Waals surface area (Å²) in [7, 11) is 0. The van der Waals surface area contributed by atoms with Gasteiger partial charge in [-0.05, 0) is 24.3 Å². The number of pyridine rings is 1. The molecule has 2 saturated heterocycles. The number of carbonyl (C=O) groups excluding carboxylic acids is 1. The summed E-state index contributed by atoms with van der Waals surface area (Å²) in [5, 5.41) is 2.50. The van der Waals surface area contributed by atoms with Crippen LogP contribution in [0.3, 0.4) is 0 Å². The highest BCUT2D eigenvalue weighted by Crippen LogP contribution is 2.21. The maximum atomic E-state index is 13.0. The Bertz CT molecular complexity index is 1060. The van der Waals surface area contributed by atoms with Gasteiger partial charge < -0.3 is 14.5 Å². The fourth-order valence-electron chi connectivity index (χ4n) is 4.65. The largest absolute Gasteiger partial charge is 0.381 e. The van der Waals surface area contributed by atoms with Gasteiger partial charge in [0.2, 0.25) is 5.95 Å². The number of piperidine rings is 1. The molecule has 0 radical (unpaired) electrons. The Balaban J connectivity index is 1.20. The zero-order chi connectivity index (χ0) is 21.8.